The second-order valence-electron chi connectivity index (χ2n) is 4.42. The summed E-state index contributed by atoms with van der Waals surface area (Å²) >= 11 is 5.99. The fourth-order valence-electron chi connectivity index (χ4n) is 1.83. The molecular weight excluding hydrogens is 252 g/mol. The molecule has 0 unspecified atom stereocenters. The van der Waals surface area contributed by atoms with E-state index >= 15 is 0 Å². The van der Waals surface area contributed by atoms with E-state index in [1.54, 1.807) is 11.0 Å². The number of ketones is 1. The van der Waals surface area contributed by atoms with Crippen LogP contribution < -0.4 is 5.32 Å². The van der Waals surface area contributed by atoms with Crippen LogP contribution in [-0.2, 0) is 4.79 Å². The number of benzene rings is 1. The molecule has 1 aromatic rings. The lowest BCUT2D eigenvalue weighted by molar-refractivity contribution is -0.120. The van der Waals surface area contributed by atoms with E-state index in [4.69, 9.17) is 11.6 Å². The first-order valence-corrected chi connectivity index (χ1v) is 6.28. The molecule has 18 heavy (non-hydrogen) atoms. The highest BCUT2D eigenvalue weighted by Gasteiger charge is 2.20. The van der Waals surface area contributed by atoms with Gasteiger partial charge in [-0.3, -0.25) is 4.79 Å². The first-order valence-electron chi connectivity index (χ1n) is 5.90. The number of urea groups is 1. The Hall–Kier alpha value is -1.55. The molecule has 4 nitrogen and oxygen atoms in total. The van der Waals surface area contributed by atoms with Gasteiger partial charge in [0.1, 0.15) is 5.78 Å². The Morgan fingerprint density at radius 3 is 2.61 bits per heavy atom. The summed E-state index contributed by atoms with van der Waals surface area (Å²) in [6.45, 7) is 2.89. The van der Waals surface area contributed by atoms with Crippen LogP contribution in [0.5, 0.6) is 0 Å². The van der Waals surface area contributed by atoms with E-state index in [0.29, 0.717) is 36.6 Å². The molecule has 1 saturated heterocycles. The summed E-state index contributed by atoms with van der Waals surface area (Å²) in [7, 11) is 0. The molecule has 1 heterocycles. The number of halogens is 1. The topological polar surface area (TPSA) is 49.4 Å². The molecule has 1 fully saturated rings. The van der Waals surface area contributed by atoms with Gasteiger partial charge >= 0.3 is 6.03 Å². The first-order chi connectivity index (χ1) is 8.56. The van der Waals surface area contributed by atoms with Crippen LogP contribution in [-0.4, -0.2) is 29.8 Å². The van der Waals surface area contributed by atoms with Gasteiger partial charge in [0.05, 0.1) is 0 Å². The minimum absolute atomic E-state index is 0.178. The fourth-order valence-corrected chi connectivity index (χ4v) is 2.01. The lowest BCUT2D eigenvalue weighted by Crippen LogP contribution is -2.41. The first kappa shape index (κ1) is 12.9. The molecular formula is C13H15ClN2O2. The maximum absolute atomic E-state index is 11.9. The number of hydrogen-bond donors (Lipinski definition) is 1. The average molecular weight is 267 g/mol. The number of nitrogens with one attached hydrogen (secondary N) is 1. The highest BCUT2D eigenvalue weighted by molar-refractivity contribution is 6.31. The number of carbonyl (C=O) groups is 2. The maximum Gasteiger partial charge on any atom is 0.321 e. The lowest BCUT2D eigenvalue weighted by atomic mass is 10.1. The quantitative estimate of drug-likeness (QED) is 0.850. The van der Waals surface area contributed by atoms with Crippen molar-refractivity contribution in [1.82, 2.24) is 4.90 Å². The highest BCUT2D eigenvalue weighted by atomic mass is 35.5. The minimum Gasteiger partial charge on any atom is -0.324 e. The van der Waals surface area contributed by atoms with Gasteiger partial charge in [0.2, 0.25) is 0 Å². The van der Waals surface area contributed by atoms with Gasteiger partial charge in [-0.25, -0.2) is 4.79 Å². The molecule has 2 rings (SSSR count). The smallest absolute Gasteiger partial charge is 0.321 e. The third kappa shape index (κ3) is 3.01. The zero-order chi connectivity index (χ0) is 13.1. The summed E-state index contributed by atoms with van der Waals surface area (Å²) < 4.78 is 0. The Morgan fingerprint density at radius 1 is 1.33 bits per heavy atom. The number of Topliss-reactive ketones (excluding diaryl/α,β-unsaturated/α-hetero) is 1. The molecule has 0 aromatic heterocycles. The van der Waals surface area contributed by atoms with Crippen LogP contribution in [0.15, 0.2) is 18.2 Å². The number of likely N-dealkylation sites (tertiary alicyclic amines) is 1. The van der Waals surface area contributed by atoms with E-state index in [1.165, 1.54) is 0 Å². The fraction of sp³-hybridized carbons (Fsp3) is 0.385. The van der Waals surface area contributed by atoms with Crippen molar-refractivity contribution < 1.29 is 9.59 Å². The number of aryl methyl sites for hydroxylation is 1. The van der Waals surface area contributed by atoms with Crippen molar-refractivity contribution in [2.75, 3.05) is 18.4 Å². The lowest BCUT2D eigenvalue weighted by Gasteiger charge is -2.26. The van der Waals surface area contributed by atoms with E-state index in [9.17, 15) is 9.59 Å². The molecule has 1 aliphatic heterocycles. The molecule has 5 heteroatoms. The summed E-state index contributed by atoms with van der Waals surface area (Å²) in [5.74, 6) is 0.220. The minimum atomic E-state index is -0.178. The summed E-state index contributed by atoms with van der Waals surface area (Å²) in [6.07, 6.45) is 0.893. The van der Waals surface area contributed by atoms with Crippen LogP contribution in [0.25, 0.3) is 0 Å². The van der Waals surface area contributed by atoms with Crippen LogP contribution in [0.1, 0.15) is 18.4 Å². The molecule has 0 radical (unpaired) electrons. The second-order valence-corrected chi connectivity index (χ2v) is 4.83. The van der Waals surface area contributed by atoms with Gasteiger partial charge < -0.3 is 10.2 Å². The molecule has 2 amide bonds. The number of anilines is 1. The van der Waals surface area contributed by atoms with E-state index < -0.39 is 0 Å². The number of piperidine rings is 1. The highest BCUT2D eigenvalue weighted by Crippen LogP contribution is 2.20. The summed E-state index contributed by atoms with van der Waals surface area (Å²) in [6, 6.07) is 5.22. The van der Waals surface area contributed by atoms with Crippen LogP contribution in [0, 0.1) is 6.92 Å². The Labute approximate surface area is 111 Å². The van der Waals surface area contributed by atoms with Crippen LogP contribution in [0.2, 0.25) is 5.02 Å². The largest absolute Gasteiger partial charge is 0.324 e. The van der Waals surface area contributed by atoms with Crippen LogP contribution in [0.3, 0.4) is 0 Å². The van der Waals surface area contributed by atoms with Gasteiger partial charge in [0, 0.05) is 36.6 Å². The molecule has 0 atom stereocenters. The summed E-state index contributed by atoms with van der Waals surface area (Å²) in [5, 5.41) is 3.41. The monoisotopic (exact) mass is 266 g/mol. The number of hydrogen-bond acceptors (Lipinski definition) is 2. The summed E-state index contributed by atoms with van der Waals surface area (Å²) in [5.41, 5.74) is 1.64. The zero-order valence-electron chi connectivity index (χ0n) is 10.2. The van der Waals surface area contributed by atoms with Gasteiger partial charge in [0.25, 0.3) is 0 Å². The molecule has 0 spiro atoms. The number of amides is 2. The van der Waals surface area contributed by atoms with E-state index in [0.717, 1.165) is 5.56 Å². The Kier molecular flexibility index (Phi) is 3.87. The van der Waals surface area contributed by atoms with Gasteiger partial charge in [-0.15, -0.1) is 0 Å². The molecule has 0 aliphatic carbocycles. The van der Waals surface area contributed by atoms with Crippen molar-refractivity contribution in [1.29, 1.82) is 0 Å². The Morgan fingerprint density at radius 2 is 2.00 bits per heavy atom. The molecule has 1 aromatic carbocycles. The third-order valence-corrected chi connectivity index (χ3v) is 3.44. The van der Waals surface area contributed by atoms with E-state index in [1.807, 2.05) is 19.1 Å². The average Bonchev–Trinajstić information content (AvgIpc) is 2.34. The van der Waals surface area contributed by atoms with Crippen molar-refractivity contribution in [2.45, 2.75) is 19.8 Å². The van der Waals surface area contributed by atoms with Gasteiger partial charge in [-0.2, -0.15) is 0 Å². The van der Waals surface area contributed by atoms with Crippen molar-refractivity contribution in [3.8, 4) is 0 Å². The predicted octanol–water partition coefficient (Wildman–Crippen LogP) is 2.85. The van der Waals surface area contributed by atoms with Crippen LogP contribution in [0.4, 0.5) is 10.5 Å². The normalized spacial score (nSPS) is 15.7. The van der Waals surface area contributed by atoms with Crippen molar-refractivity contribution in [3.05, 3.63) is 28.8 Å². The van der Waals surface area contributed by atoms with Gasteiger partial charge in [-0.1, -0.05) is 17.7 Å². The van der Waals surface area contributed by atoms with E-state index in [2.05, 4.69) is 5.32 Å². The Balaban J connectivity index is 1.98. The summed E-state index contributed by atoms with van der Waals surface area (Å²) in [4.78, 5) is 24.7. The standard InChI is InChI=1S/C13H15ClN2O2/c1-9-2-3-10(8-12(9)14)15-13(18)16-6-4-11(17)5-7-16/h2-3,8H,4-7H2,1H3,(H,15,18). The number of carbonyl (C=O) groups excluding carboxylic acids is 2. The molecule has 0 saturated carbocycles. The molecule has 0 bridgehead atoms. The molecule has 1 N–H and O–H groups in total. The molecule has 1 aliphatic rings. The number of rotatable bonds is 1. The zero-order valence-corrected chi connectivity index (χ0v) is 11.0. The molecule has 96 valence electrons. The van der Waals surface area contributed by atoms with Gasteiger partial charge in [-0.05, 0) is 24.6 Å². The van der Waals surface area contributed by atoms with Crippen molar-refractivity contribution in [3.63, 3.8) is 0 Å². The second kappa shape index (κ2) is 5.40. The number of nitrogens with zero attached hydrogens (tertiary/aromatic N) is 1. The SMILES string of the molecule is Cc1ccc(NC(=O)N2CCC(=O)CC2)cc1Cl. The van der Waals surface area contributed by atoms with Crippen molar-refractivity contribution >= 4 is 29.1 Å². The van der Waals surface area contributed by atoms with Gasteiger partial charge in [0.15, 0.2) is 0 Å². The Bertz CT molecular complexity index is 478. The van der Waals surface area contributed by atoms with Crippen LogP contribution >= 0.6 is 11.6 Å². The third-order valence-electron chi connectivity index (χ3n) is 3.03. The maximum atomic E-state index is 11.9. The van der Waals surface area contributed by atoms with E-state index in [-0.39, 0.29) is 11.8 Å². The predicted molar refractivity (Wildman–Crippen MR) is 71.0 cm³/mol. The van der Waals surface area contributed by atoms with Crippen molar-refractivity contribution in [2.24, 2.45) is 0 Å².